The van der Waals surface area contributed by atoms with E-state index in [2.05, 4.69) is 52.8 Å². The lowest BCUT2D eigenvalue weighted by Gasteiger charge is -2.01. The first-order chi connectivity index (χ1) is 6.86. The topological polar surface area (TPSA) is 21.5 Å². The molecule has 0 aliphatic carbocycles. The Hall–Kier alpha value is -1.06. The minimum absolute atomic E-state index is 1.06. The number of aryl methyl sites for hydroxylation is 1. The molecule has 0 spiro atoms. The summed E-state index contributed by atoms with van der Waals surface area (Å²) in [4.78, 5) is 1.44. The molecule has 0 amide bonds. The number of quaternary nitrogens is 1. The van der Waals surface area contributed by atoms with Gasteiger partial charge in [-0.2, -0.15) is 0 Å². The number of hydrogen-bond donors (Lipinski definition) is 1. The van der Waals surface area contributed by atoms with E-state index in [1.807, 2.05) is 11.3 Å². The lowest BCUT2D eigenvalue weighted by Crippen LogP contribution is -2.80. The smallest absolute Gasteiger partial charge is 0.117 e. The third kappa shape index (κ3) is 2.25. The van der Waals surface area contributed by atoms with Gasteiger partial charge in [0, 0.05) is 13.2 Å². The molecule has 2 nitrogen and oxygen atoms in total. The Labute approximate surface area is 88.2 Å². The molecule has 0 aliphatic heterocycles. The second-order valence-corrected chi connectivity index (χ2v) is 4.42. The molecule has 0 unspecified atom stereocenters. The van der Waals surface area contributed by atoms with Crippen molar-refractivity contribution in [1.29, 1.82) is 0 Å². The van der Waals surface area contributed by atoms with Gasteiger partial charge in [-0.3, -0.25) is 0 Å². The second-order valence-electron chi connectivity index (χ2n) is 3.39. The predicted molar refractivity (Wildman–Crippen MR) is 59.1 cm³/mol. The highest BCUT2D eigenvalue weighted by atomic mass is 32.1. The van der Waals surface area contributed by atoms with Crippen molar-refractivity contribution < 1.29 is 5.32 Å². The first-order valence-electron chi connectivity index (χ1n) is 4.80. The van der Waals surface area contributed by atoms with Crippen LogP contribution in [0.4, 0.5) is 0 Å². The third-order valence-electron chi connectivity index (χ3n) is 2.33. The minimum Gasteiger partial charge on any atom is -0.350 e. The van der Waals surface area contributed by atoms with E-state index in [-0.39, 0.29) is 0 Å². The lowest BCUT2D eigenvalue weighted by molar-refractivity contribution is -0.686. The summed E-state index contributed by atoms with van der Waals surface area (Å²) < 4.78 is 2.17. The molecule has 2 rings (SSSR count). The fraction of sp³-hybridized carbons (Fsp3) is 0.273. The van der Waals surface area contributed by atoms with Crippen LogP contribution in [0.5, 0.6) is 0 Å². The van der Waals surface area contributed by atoms with Crippen molar-refractivity contribution in [2.45, 2.75) is 13.1 Å². The molecule has 0 bridgehead atoms. The summed E-state index contributed by atoms with van der Waals surface area (Å²) in [5, 5.41) is 4.47. The SMILES string of the molecule is Cn1cccc1C[NH2+]Cc1cccs1. The molecule has 2 aromatic heterocycles. The molecule has 14 heavy (non-hydrogen) atoms. The first kappa shape index (κ1) is 9.49. The monoisotopic (exact) mass is 207 g/mol. The van der Waals surface area contributed by atoms with Crippen molar-refractivity contribution in [3.05, 3.63) is 46.4 Å². The van der Waals surface area contributed by atoms with E-state index in [1.54, 1.807) is 0 Å². The number of nitrogens with two attached hydrogens (primary N) is 1. The maximum Gasteiger partial charge on any atom is 0.117 e. The summed E-state index contributed by atoms with van der Waals surface area (Å²) in [5.41, 5.74) is 1.38. The fourth-order valence-corrected chi connectivity index (χ4v) is 2.20. The molecule has 2 aromatic rings. The Morgan fingerprint density at radius 2 is 2.21 bits per heavy atom. The molecule has 0 aromatic carbocycles. The first-order valence-corrected chi connectivity index (χ1v) is 5.68. The summed E-state index contributed by atoms with van der Waals surface area (Å²) in [6.45, 7) is 2.14. The zero-order valence-corrected chi connectivity index (χ0v) is 9.13. The Morgan fingerprint density at radius 1 is 1.29 bits per heavy atom. The van der Waals surface area contributed by atoms with Gasteiger partial charge in [-0.15, -0.1) is 11.3 Å². The Morgan fingerprint density at radius 3 is 2.86 bits per heavy atom. The molecule has 2 heterocycles. The summed E-state index contributed by atoms with van der Waals surface area (Å²) in [6, 6.07) is 8.56. The van der Waals surface area contributed by atoms with E-state index in [4.69, 9.17) is 0 Å². The average molecular weight is 207 g/mol. The number of thiophene rings is 1. The van der Waals surface area contributed by atoms with Gasteiger partial charge in [0.2, 0.25) is 0 Å². The second kappa shape index (κ2) is 4.44. The highest BCUT2D eigenvalue weighted by molar-refractivity contribution is 7.09. The third-order valence-corrected chi connectivity index (χ3v) is 3.23. The highest BCUT2D eigenvalue weighted by Crippen LogP contribution is 2.05. The van der Waals surface area contributed by atoms with Crippen LogP contribution in [0.3, 0.4) is 0 Å². The molecule has 2 N–H and O–H groups in total. The van der Waals surface area contributed by atoms with Crippen LogP contribution in [0.2, 0.25) is 0 Å². The van der Waals surface area contributed by atoms with Crippen LogP contribution in [0.1, 0.15) is 10.6 Å². The zero-order valence-electron chi connectivity index (χ0n) is 8.31. The van der Waals surface area contributed by atoms with Crippen LogP contribution in [0, 0.1) is 0 Å². The van der Waals surface area contributed by atoms with Crippen molar-refractivity contribution >= 4 is 11.3 Å². The molecular weight excluding hydrogens is 192 g/mol. The van der Waals surface area contributed by atoms with Gasteiger partial charge in [0.05, 0.1) is 10.6 Å². The maximum absolute atomic E-state index is 2.33. The van der Waals surface area contributed by atoms with Crippen molar-refractivity contribution in [3.8, 4) is 0 Å². The van der Waals surface area contributed by atoms with Crippen LogP contribution < -0.4 is 5.32 Å². The predicted octanol–water partition coefficient (Wildman–Crippen LogP) is 1.35. The van der Waals surface area contributed by atoms with Gasteiger partial charge >= 0.3 is 0 Å². The quantitative estimate of drug-likeness (QED) is 0.781. The zero-order chi connectivity index (χ0) is 9.80. The molecule has 3 heteroatoms. The summed E-state index contributed by atoms with van der Waals surface area (Å²) in [6.07, 6.45) is 2.09. The normalized spacial score (nSPS) is 10.6. The van der Waals surface area contributed by atoms with Gasteiger partial charge < -0.3 is 9.88 Å². The van der Waals surface area contributed by atoms with E-state index in [0.29, 0.717) is 0 Å². The molecular formula is C11H15N2S+. The fourth-order valence-electron chi connectivity index (χ4n) is 1.50. The van der Waals surface area contributed by atoms with Crippen LogP contribution in [0.15, 0.2) is 35.8 Å². The molecule has 0 saturated carbocycles. The van der Waals surface area contributed by atoms with Gasteiger partial charge in [0.1, 0.15) is 13.1 Å². The summed E-state index contributed by atoms with van der Waals surface area (Å²) in [7, 11) is 2.09. The van der Waals surface area contributed by atoms with Crippen LogP contribution in [-0.2, 0) is 20.1 Å². The highest BCUT2D eigenvalue weighted by Gasteiger charge is 2.00. The maximum atomic E-state index is 2.33. The lowest BCUT2D eigenvalue weighted by atomic mass is 10.4. The molecule has 74 valence electrons. The van der Waals surface area contributed by atoms with Gasteiger partial charge in [-0.25, -0.2) is 0 Å². The van der Waals surface area contributed by atoms with Gasteiger partial charge in [0.25, 0.3) is 0 Å². The van der Waals surface area contributed by atoms with E-state index < -0.39 is 0 Å². The van der Waals surface area contributed by atoms with Crippen LogP contribution in [0.25, 0.3) is 0 Å². The van der Waals surface area contributed by atoms with Gasteiger partial charge in [0.15, 0.2) is 0 Å². The van der Waals surface area contributed by atoms with E-state index >= 15 is 0 Å². The Bertz CT molecular complexity index is 376. The van der Waals surface area contributed by atoms with Crippen molar-refractivity contribution in [2.24, 2.45) is 7.05 Å². The Balaban J connectivity index is 1.81. The van der Waals surface area contributed by atoms with Crippen molar-refractivity contribution in [1.82, 2.24) is 4.57 Å². The Kier molecular flexibility index (Phi) is 3.01. The van der Waals surface area contributed by atoms with E-state index in [1.165, 1.54) is 10.6 Å². The van der Waals surface area contributed by atoms with Gasteiger partial charge in [-0.1, -0.05) is 6.07 Å². The van der Waals surface area contributed by atoms with Crippen molar-refractivity contribution in [3.63, 3.8) is 0 Å². The molecule has 0 aliphatic rings. The molecule has 0 radical (unpaired) electrons. The largest absolute Gasteiger partial charge is 0.350 e. The molecule has 0 fully saturated rings. The van der Waals surface area contributed by atoms with Crippen LogP contribution in [-0.4, -0.2) is 4.57 Å². The minimum atomic E-state index is 1.06. The van der Waals surface area contributed by atoms with E-state index in [9.17, 15) is 0 Å². The number of hydrogen-bond acceptors (Lipinski definition) is 1. The number of rotatable bonds is 4. The standard InChI is InChI=1S/C11H14N2S/c1-13-6-2-4-10(13)8-12-9-11-5-3-7-14-11/h2-7,12H,8-9H2,1H3/p+1. The number of aromatic nitrogens is 1. The molecule has 0 saturated heterocycles. The average Bonchev–Trinajstić information content (AvgIpc) is 2.78. The van der Waals surface area contributed by atoms with E-state index in [0.717, 1.165) is 13.1 Å². The van der Waals surface area contributed by atoms with Crippen molar-refractivity contribution in [2.75, 3.05) is 0 Å². The van der Waals surface area contributed by atoms with Crippen LogP contribution >= 0.6 is 11.3 Å². The summed E-state index contributed by atoms with van der Waals surface area (Å²) >= 11 is 1.83. The molecule has 0 atom stereocenters. The summed E-state index contributed by atoms with van der Waals surface area (Å²) in [5.74, 6) is 0. The van der Waals surface area contributed by atoms with Gasteiger partial charge in [-0.05, 0) is 23.6 Å². The number of nitrogens with zero attached hydrogens (tertiary/aromatic N) is 1.